The van der Waals surface area contributed by atoms with Crippen molar-refractivity contribution in [3.63, 3.8) is 0 Å². The normalized spacial score (nSPS) is 10.8. The third-order valence-corrected chi connectivity index (χ3v) is 3.27. The van der Waals surface area contributed by atoms with Gasteiger partial charge in [0.2, 0.25) is 0 Å². The molecule has 2 heterocycles. The Hall–Kier alpha value is -2.24. The number of aryl methyl sites for hydroxylation is 3. The SMILES string of the molecule is CCn1nc(C)c(C(=O)CC(=O)c2cn(C)cn2)c1C. The van der Waals surface area contributed by atoms with Gasteiger partial charge in [0.25, 0.3) is 0 Å². The summed E-state index contributed by atoms with van der Waals surface area (Å²) in [6.45, 7) is 6.31. The van der Waals surface area contributed by atoms with Crippen LogP contribution in [0.2, 0.25) is 0 Å². The molecule has 0 atom stereocenters. The van der Waals surface area contributed by atoms with E-state index < -0.39 is 0 Å². The number of rotatable bonds is 5. The molecule has 6 nitrogen and oxygen atoms in total. The Balaban J connectivity index is 2.20. The van der Waals surface area contributed by atoms with E-state index in [9.17, 15) is 9.59 Å². The fourth-order valence-electron chi connectivity index (χ4n) is 2.29. The van der Waals surface area contributed by atoms with Crippen LogP contribution in [0.4, 0.5) is 0 Å². The average Bonchev–Trinajstić information content (AvgIpc) is 2.93. The van der Waals surface area contributed by atoms with Gasteiger partial charge in [0.1, 0.15) is 5.69 Å². The minimum atomic E-state index is -0.265. The quantitative estimate of drug-likeness (QED) is 0.614. The molecule has 0 radical (unpaired) electrons. The molecule has 6 heteroatoms. The molecule has 0 fully saturated rings. The molecule has 106 valence electrons. The Morgan fingerprint density at radius 3 is 2.45 bits per heavy atom. The Morgan fingerprint density at radius 1 is 1.25 bits per heavy atom. The highest BCUT2D eigenvalue weighted by Crippen LogP contribution is 2.16. The molecule has 0 amide bonds. The molecule has 2 aromatic heterocycles. The van der Waals surface area contributed by atoms with E-state index in [4.69, 9.17) is 0 Å². The minimum Gasteiger partial charge on any atom is -0.340 e. The first-order chi connectivity index (χ1) is 9.43. The van der Waals surface area contributed by atoms with E-state index in [1.807, 2.05) is 13.8 Å². The van der Waals surface area contributed by atoms with Crippen LogP contribution in [0, 0.1) is 13.8 Å². The van der Waals surface area contributed by atoms with Crippen LogP contribution in [0.3, 0.4) is 0 Å². The molecule has 0 aliphatic heterocycles. The van der Waals surface area contributed by atoms with E-state index in [0.29, 0.717) is 23.5 Å². The summed E-state index contributed by atoms with van der Waals surface area (Å²) < 4.78 is 3.46. The molecule has 0 aliphatic rings. The first-order valence-electron chi connectivity index (χ1n) is 6.52. The number of carbonyl (C=O) groups is 2. The summed E-state index contributed by atoms with van der Waals surface area (Å²) in [7, 11) is 1.78. The number of ketones is 2. The van der Waals surface area contributed by atoms with Crippen molar-refractivity contribution in [2.24, 2.45) is 7.05 Å². The second kappa shape index (κ2) is 5.40. The lowest BCUT2D eigenvalue weighted by Crippen LogP contribution is -2.11. The van der Waals surface area contributed by atoms with E-state index in [2.05, 4.69) is 10.1 Å². The highest BCUT2D eigenvalue weighted by molar-refractivity contribution is 6.13. The monoisotopic (exact) mass is 274 g/mol. The van der Waals surface area contributed by atoms with Gasteiger partial charge in [-0.3, -0.25) is 14.3 Å². The van der Waals surface area contributed by atoms with Crippen LogP contribution < -0.4 is 0 Å². The van der Waals surface area contributed by atoms with Crippen molar-refractivity contribution in [2.45, 2.75) is 33.7 Å². The largest absolute Gasteiger partial charge is 0.340 e. The van der Waals surface area contributed by atoms with Crippen LogP contribution in [0.5, 0.6) is 0 Å². The molecular formula is C14H18N4O2. The Bertz CT molecular complexity index is 667. The Kier molecular flexibility index (Phi) is 3.83. The van der Waals surface area contributed by atoms with E-state index >= 15 is 0 Å². The summed E-state index contributed by atoms with van der Waals surface area (Å²) in [6, 6.07) is 0. The van der Waals surface area contributed by atoms with Crippen LogP contribution in [-0.2, 0) is 13.6 Å². The number of aromatic nitrogens is 4. The molecule has 0 aliphatic carbocycles. The average molecular weight is 274 g/mol. The number of nitrogens with zero attached hydrogens (tertiary/aromatic N) is 4. The van der Waals surface area contributed by atoms with Crippen molar-refractivity contribution in [3.05, 3.63) is 35.2 Å². The zero-order valence-corrected chi connectivity index (χ0v) is 12.2. The van der Waals surface area contributed by atoms with Gasteiger partial charge in [0.05, 0.1) is 24.0 Å². The Morgan fingerprint density at radius 2 is 1.95 bits per heavy atom. The van der Waals surface area contributed by atoms with Crippen molar-refractivity contribution >= 4 is 11.6 Å². The molecule has 2 aromatic rings. The van der Waals surface area contributed by atoms with Gasteiger partial charge in [-0.15, -0.1) is 0 Å². The molecule has 0 saturated carbocycles. The molecule has 0 aromatic carbocycles. The van der Waals surface area contributed by atoms with Gasteiger partial charge in [0, 0.05) is 25.5 Å². The number of hydrogen-bond acceptors (Lipinski definition) is 4. The van der Waals surface area contributed by atoms with Crippen LogP contribution in [0.15, 0.2) is 12.5 Å². The van der Waals surface area contributed by atoms with Gasteiger partial charge in [-0.05, 0) is 20.8 Å². The lowest BCUT2D eigenvalue weighted by Gasteiger charge is -2.01. The molecule has 2 rings (SSSR count). The fourth-order valence-corrected chi connectivity index (χ4v) is 2.29. The highest BCUT2D eigenvalue weighted by atomic mass is 16.1. The summed E-state index contributed by atoms with van der Waals surface area (Å²) in [5, 5.41) is 4.30. The third-order valence-electron chi connectivity index (χ3n) is 3.27. The summed E-state index contributed by atoms with van der Waals surface area (Å²) in [4.78, 5) is 28.3. The first-order valence-corrected chi connectivity index (χ1v) is 6.52. The van der Waals surface area contributed by atoms with Crippen LogP contribution >= 0.6 is 0 Å². The van der Waals surface area contributed by atoms with E-state index in [0.717, 1.165) is 5.69 Å². The fraction of sp³-hybridized carbons (Fsp3) is 0.429. The van der Waals surface area contributed by atoms with Crippen molar-refractivity contribution in [2.75, 3.05) is 0 Å². The third kappa shape index (κ3) is 2.54. The molecule has 20 heavy (non-hydrogen) atoms. The minimum absolute atomic E-state index is 0.173. The number of carbonyl (C=O) groups excluding carboxylic acids is 2. The van der Waals surface area contributed by atoms with E-state index in [1.165, 1.54) is 0 Å². The molecule has 0 spiro atoms. The summed E-state index contributed by atoms with van der Waals surface area (Å²) >= 11 is 0. The summed E-state index contributed by atoms with van der Waals surface area (Å²) in [5.74, 6) is -0.464. The standard InChI is InChI=1S/C14H18N4O2/c1-5-18-10(3)14(9(2)16-18)13(20)6-12(19)11-7-17(4)8-15-11/h7-8H,5-6H2,1-4H3. The summed E-state index contributed by atoms with van der Waals surface area (Å²) in [6.07, 6.45) is 2.99. The van der Waals surface area contributed by atoms with Gasteiger partial charge >= 0.3 is 0 Å². The van der Waals surface area contributed by atoms with Crippen LogP contribution in [-0.4, -0.2) is 30.9 Å². The first kappa shape index (κ1) is 14.2. The highest BCUT2D eigenvalue weighted by Gasteiger charge is 2.21. The Labute approximate surface area is 117 Å². The summed E-state index contributed by atoms with van der Waals surface area (Å²) in [5.41, 5.74) is 2.35. The van der Waals surface area contributed by atoms with Crippen LogP contribution in [0.25, 0.3) is 0 Å². The van der Waals surface area contributed by atoms with Crippen molar-refractivity contribution in [1.82, 2.24) is 19.3 Å². The lowest BCUT2D eigenvalue weighted by atomic mass is 10.0. The lowest BCUT2D eigenvalue weighted by molar-refractivity contribution is 0.0891. The molecular weight excluding hydrogens is 256 g/mol. The number of hydrogen-bond donors (Lipinski definition) is 0. The maximum absolute atomic E-state index is 12.3. The predicted octanol–water partition coefficient (Wildman–Crippen LogP) is 1.71. The maximum atomic E-state index is 12.3. The second-order valence-corrected chi connectivity index (χ2v) is 4.81. The molecule has 0 bridgehead atoms. The van der Waals surface area contributed by atoms with Crippen LogP contribution in [0.1, 0.15) is 45.6 Å². The number of Topliss-reactive ketones (excluding diaryl/α,β-unsaturated/α-hetero) is 2. The maximum Gasteiger partial charge on any atom is 0.190 e. The smallest absolute Gasteiger partial charge is 0.190 e. The van der Waals surface area contributed by atoms with E-state index in [-0.39, 0.29) is 18.0 Å². The predicted molar refractivity (Wildman–Crippen MR) is 73.9 cm³/mol. The van der Waals surface area contributed by atoms with Gasteiger partial charge in [-0.2, -0.15) is 5.10 Å². The zero-order valence-electron chi connectivity index (χ0n) is 12.2. The number of imidazole rings is 1. The van der Waals surface area contributed by atoms with Gasteiger partial charge in [0.15, 0.2) is 11.6 Å². The van der Waals surface area contributed by atoms with Gasteiger partial charge < -0.3 is 4.57 Å². The van der Waals surface area contributed by atoms with Crippen molar-refractivity contribution in [3.8, 4) is 0 Å². The van der Waals surface area contributed by atoms with Gasteiger partial charge in [-0.1, -0.05) is 0 Å². The van der Waals surface area contributed by atoms with Gasteiger partial charge in [-0.25, -0.2) is 4.98 Å². The molecule has 0 unspecified atom stereocenters. The second-order valence-electron chi connectivity index (χ2n) is 4.81. The molecule has 0 saturated heterocycles. The molecule has 0 N–H and O–H groups in total. The topological polar surface area (TPSA) is 69.8 Å². The van der Waals surface area contributed by atoms with E-state index in [1.54, 1.807) is 35.7 Å². The zero-order chi connectivity index (χ0) is 14.9. The van der Waals surface area contributed by atoms with Crippen molar-refractivity contribution < 1.29 is 9.59 Å². The van der Waals surface area contributed by atoms with Crippen molar-refractivity contribution in [1.29, 1.82) is 0 Å².